The molecule has 0 atom stereocenters. The predicted octanol–water partition coefficient (Wildman–Crippen LogP) is 3.44. The van der Waals surface area contributed by atoms with Crippen LogP contribution in [0.5, 0.6) is 0 Å². The summed E-state index contributed by atoms with van der Waals surface area (Å²) < 4.78 is 0. The summed E-state index contributed by atoms with van der Waals surface area (Å²) in [6, 6.07) is 0. The van der Waals surface area contributed by atoms with Crippen molar-refractivity contribution in [3.63, 3.8) is 0 Å². The van der Waals surface area contributed by atoms with E-state index in [1.165, 1.54) is 12.2 Å². The molecule has 0 radical (unpaired) electrons. The van der Waals surface area contributed by atoms with Crippen molar-refractivity contribution in [2.75, 3.05) is 11.5 Å². The molecule has 0 saturated carbocycles. The highest BCUT2D eigenvalue weighted by Crippen LogP contribution is 2.27. The van der Waals surface area contributed by atoms with Gasteiger partial charge in [-0.15, -0.1) is 6.42 Å². The SMILES string of the molecule is C#CCSSCCC(C)(C)C. The van der Waals surface area contributed by atoms with Crippen molar-refractivity contribution in [2.24, 2.45) is 5.41 Å². The molecular weight excluding hydrogens is 172 g/mol. The zero-order valence-electron chi connectivity index (χ0n) is 7.52. The van der Waals surface area contributed by atoms with E-state index in [-0.39, 0.29) is 0 Å². The summed E-state index contributed by atoms with van der Waals surface area (Å²) in [6.07, 6.45) is 6.37. The van der Waals surface area contributed by atoms with Crippen LogP contribution >= 0.6 is 21.6 Å². The molecule has 64 valence electrons. The van der Waals surface area contributed by atoms with Crippen LogP contribution in [-0.2, 0) is 0 Å². The normalized spacial score (nSPS) is 11.1. The first kappa shape index (κ1) is 11.3. The third kappa shape index (κ3) is 10.3. The average Bonchev–Trinajstić information content (AvgIpc) is 1.85. The van der Waals surface area contributed by atoms with Gasteiger partial charge in [0.05, 0.1) is 5.75 Å². The predicted molar refractivity (Wildman–Crippen MR) is 57.8 cm³/mol. The zero-order valence-corrected chi connectivity index (χ0v) is 9.15. The maximum atomic E-state index is 5.11. The van der Waals surface area contributed by atoms with Crippen LogP contribution in [0.4, 0.5) is 0 Å². The highest BCUT2D eigenvalue weighted by Gasteiger charge is 2.08. The summed E-state index contributed by atoms with van der Waals surface area (Å²) in [5, 5.41) is 0. The Labute approximate surface area is 78.3 Å². The zero-order chi connectivity index (χ0) is 8.74. The van der Waals surface area contributed by atoms with E-state index in [1.807, 2.05) is 10.8 Å². The quantitative estimate of drug-likeness (QED) is 0.376. The number of hydrogen-bond acceptors (Lipinski definition) is 2. The van der Waals surface area contributed by atoms with Gasteiger partial charge in [0.25, 0.3) is 0 Å². The van der Waals surface area contributed by atoms with Gasteiger partial charge < -0.3 is 0 Å². The Hall–Kier alpha value is 0.260. The largest absolute Gasteiger partial charge is 0.119 e. The molecular formula is C9H16S2. The molecule has 0 aromatic heterocycles. The fourth-order valence-corrected chi connectivity index (χ4v) is 2.51. The molecule has 0 heterocycles. The summed E-state index contributed by atoms with van der Waals surface area (Å²) in [7, 11) is 3.65. The van der Waals surface area contributed by atoms with E-state index in [2.05, 4.69) is 26.7 Å². The van der Waals surface area contributed by atoms with E-state index in [0.29, 0.717) is 5.41 Å². The Morgan fingerprint density at radius 1 is 1.27 bits per heavy atom. The van der Waals surface area contributed by atoms with Gasteiger partial charge in [0, 0.05) is 5.75 Å². The first-order valence-electron chi connectivity index (χ1n) is 3.74. The van der Waals surface area contributed by atoms with E-state index in [1.54, 1.807) is 10.8 Å². The van der Waals surface area contributed by atoms with Crippen LogP contribution in [-0.4, -0.2) is 11.5 Å². The monoisotopic (exact) mass is 188 g/mol. The maximum absolute atomic E-state index is 5.11. The van der Waals surface area contributed by atoms with E-state index >= 15 is 0 Å². The van der Waals surface area contributed by atoms with Gasteiger partial charge in [0.15, 0.2) is 0 Å². The van der Waals surface area contributed by atoms with Gasteiger partial charge in [-0.2, -0.15) is 0 Å². The lowest BCUT2D eigenvalue weighted by Crippen LogP contribution is -2.05. The molecule has 0 amide bonds. The van der Waals surface area contributed by atoms with E-state index in [0.717, 1.165) is 5.75 Å². The molecule has 0 saturated heterocycles. The summed E-state index contributed by atoms with van der Waals surface area (Å²) in [6.45, 7) is 6.79. The fraction of sp³-hybridized carbons (Fsp3) is 0.778. The molecule has 0 aliphatic carbocycles. The summed E-state index contributed by atoms with van der Waals surface area (Å²) in [5.41, 5.74) is 0.462. The van der Waals surface area contributed by atoms with Gasteiger partial charge >= 0.3 is 0 Å². The Morgan fingerprint density at radius 3 is 2.36 bits per heavy atom. The summed E-state index contributed by atoms with van der Waals surface area (Å²) in [5.74, 6) is 4.64. The van der Waals surface area contributed by atoms with Crippen molar-refractivity contribution in [3.8, 4) is 12.3 Å². The lowest BCUT2D eigenvalue weighted by Gasteiger charge is -2.16. The maximum Gasteiger partial charge on any atom is 0.0648 e. The molecule has 0 aromatic carbocycles. The molecule has 0 spiro atoms. The van der Waals surface area contributed by atoms with Crippen molar-refractivity contribution in [2.45, 2.75) is 27.2 Å². The minimum absolute atomic E-state index is 0.462. The van der Waals surface area contributed by atoms with Gasteiger partial charge in [0.1, 0.15) is 0 Å². The van der Waals surface area contributed by atoms with Crippen molar-refractivity contribution < 1.29 is 0 Å². The highest BCUT2D eigenvalue weighted by atomic mass is 33.1. The molecule has 0 fully saturated rings. The van der Waals surface area contributed by atoms with Crippen LogP contribution in [0.15, 0.2) is 0 Å². The first-order valence-corrected chi connectivity index (χ1v) is 6.23. The molecule has 0 rings (SSSR count). The van der Waals surface area contributed by atoms with Crippen LogP contribution < -0.4 is 0 Å². The lowest BCUT2D eigenvalue weighted by atomic mass is 9.94. The third-order valence-corrected chi connectivity index (χ3v) is 3.34. The van der Waals surface area contributed by atoms with Crippen LogP contribution in [0.25, 0.3) is 0 Å². The van der Waals surface area contributed by atoms with Crippen molar-refractivity contribution in [1.29, 1.82) is 0 Å². The second kappa shape index (κ2) is 5.85. The topological polar surface area (TPSA) is 0 Å². The minimum atomic E-state index is 0.462. The minimum Gasteiger partial charge on any atom is -0.119 e. The number of hydrogen-bond donors (Lipinski definition) is 0. The van der Waals surface area contributed by atoms with E-state index in [4.69, 9.17) is 6.42 Å². The van der Waals surface area contributed by atoms with E-state index < -0.39 is 0 Å². The van der Waals surface area contributed by atoms with Gasteiger partial charge in [-0.25, -0.2) is 0 Å². The Bertz CT molecular complexity index is 127. The van der Waals surface area contributed by atoms with Crippen LogP contribution in [0.2, 0.25) is 0 Å². The van der Waals surface area contributed by atoms with Gasteiger partial charge in [0.2, 0.25) is 0 Å². The lowest BCUT2D eigenvalue weighted by molar-refractivity contribution is 0.402. The van der Waals surface area contributed by atoms with Crippen molar-refractivity contribution in [3.05, 3.63) is 0 Å². The second-order valence-electron chi connectivity index (χ2n) is 3.60. The Kier molecular flexibility index (Phi) is 5.99. The van der Waals surface area contributed by atoms with Crippen molar-refractivity contribution in [1.82, 2.24) is 0 Å². The second-order valence-corrected chi connectivity index (χ2v) is 6.18. The third-order valence-electron chi connectivity index (χ3n) is 1.16. The van der Waals surface area contributed by atoms with Crippen LogP contribution in [0.3, 0.4) is 0 Å². The first-order chi connectivity index (χ1) is 5.06. The summed E-state index contributed by atoms with van der Waals surface area (Å²) in [4.78, 5) is 0. The Morgan fingerprint density at radius 2 is 1.91 bits per heavy atom. The molecule has 0 aliphatic rings. The van der Waals surface area contributed by atoms with Gasteiger partial charge in [-0.3, -0.25) is 0 Å². The van der Waals surface area contributed by atoms with Gasteiger partial charge in [-0.1, -0.05) is 48.3 Å². The molecule has 0 nitrogen and oxygen atoms in total. The molecule has 11 heavy (non-hydrogen) atoms. The molecule has 0 bridgehead atoms. The molecule has 2 heteroatoms. The van der Waals surface area contributed by atoms with Crippen LogP contribution in [0.1, 0.15) is 27.2 Å². The highest BCUT2D eigenvalue weighted by molar-refractivity contribution is 8.76. The average molecular weight is 188 g/mol. The number of rotatable bonds is 4. The standard InChI is InChI=1S/C9H16S2/c1-5-7-10-11-8-6-9(2,3)4/h1H,6-8H2,2-4H3. The molecule has 0 aliphatic heterocycles. The summed E-state index contributed by atoms with van der Waals surface area (Å²) >= 11 is 0. The van der Waals surface area contributed by atoms with Crippen molar-refractivity contribution >= 4 is 21.6 Å². The molecule has 0 unspecified atom stereocenters. The van der Waals surface area contributed by atoms with E-state index in [9.17, 15) is 0 Å². The molecule has 0 N–H and O–H groups in total. The molecule has 0 aromatic rings. The smallest absolute Gasteiger partial charge is 0.0648 e. The van der Waals surface area contributed by atoms with Crippen LogP contribution in [0, 0.1) is 17.8 Å². The fourth-order valence-electron chi connectivity index (χ4n) is 0.482. The number of terminal acetylenes is 1. The van der Waals surface area contributed by atoms with Gasteiger partial charge in [-0.05, 0) is 11.8 Å². The Balaban J connectivity index is 3.10.